The second kappa shape index (κ2) is 4.23. The number of anilines is 1. The molecule has 0 fully saturated rings. The van der Waals surface area contributed by atoms with Crippen LogP contribution in [0.4, 0.5) is 5.69 Å². The van der Waals surface area contributed by atoms with Gasteiger partial charge < -0.3 is 15.6 Å². The molecule has 1 rings (SSSR count). The quantitative estimate of drug-likeness (QED) is 0.752. The van der Waals surface area contributed by atoms with Crippen molar-refractivity contribution >= 4 is 11.6 Å². The number of nitrogens with zero attached hydrogens (tertiary/aromatic N) is 1. The van der Waals surface area contributed by atoms with Gasteiger partial charge in [-0.05, 0) is 20.3 Å². The van der Waals surface area contributed by atoms with Crippen LogP contribution in [-0.2, 0) is 11.2 Å². The van der Waals surface area contributed by atoms with Crippen molar-refractivity contribution < 1.29 is 9.32 Å². The van der Waals surface area contributed by atoms with Crippen LogP contribution < -0.4 is 11.1 Å². The van der Waals surface area contributed by atoms with E-state index in [9.17, 15) is 4.79 Å². The Labute approximate surface area is 82.6 Å². The van der Waals surface area contributed by atoms with Crippen molar-refractivity contribution in [2.75, 3.05) is 5.32 Å². The topological polar surface area (TPSA) is 81.2 Å². The number of hydrogen-bond donors (Lipinski definition) is 2. The van der Waals surface area contributed by atoms with E-state index in [1.807, 2.05) is 6.92 Å². The zero-order valence-electron chi connectivity index (χ0n) is 8.63. The Bertz CT molecular complexity index is 331. The van der Waals surface area contributed by atoms with Crippen LogP contribution in [0, 0.1) is 6.92 Å². The van der Waals surface area contributed by atoms with E-state index in [0.717, 1.165) is 5.69 Å². The first-order valence-electron chi connectivity index (χ1n) is 4.57. The minimum atomic E-state index is -0.533. The van der Waals surface area contributed by atoms with E-state index in [1.54, 1.807) is 13.8 Å². The second-order valence-electron chi connectivity index (χ2n) is 3.19. The summed E-state index contributed by atoms with van der Waals surface area (Å²) in [6.45, 7) is 5.32. The molecule has 1 aromatic rings. The zero-order chi connectivity index (χ0) is 10.7. The number of carbonyl (C=O) groups is 1. The van der Waals surface area contributed by atoms with Gasteiger partial charge in [-0.15, -0.1) is 0 Å². The summed E-state index contributed by atoms with van der Waals surface area (Å²) in [6.07, 6.45) is 0.714. The van der Waals surface area contributed by atoms with Crippen LogP contribution in [0.15, 0.2) is 4.52 Å². The normalized spacial score (nSPS) is 12.6. The van der Waals surface area contributed by atoms with Gasteiger partial charge >= 0.3 is 0 Å². The number of aryl methyl sites for hydroxylation is 2. The lowest BCUT2D eigenvalue weighted by molar-refractivity contribution is -0.117. The highest BCUT2D eigenvalue weighted by Gasteiger charge is 2.15. The summed E-state index contributed by atoms with van der Waals surface area (Å²) in [7, 11) is 0. The zero-order valence-corrected chi connectivity index (χ0v) is 8.63. The van der Waals surface area contributed by atoms with Crippen molar-refractivity contribution in [3.05, 3.63) is 11.5 Å². The highest BCUT2D eigenvalue weighted by Crippen LogP contribution is 2.20. The van der Waals surface area contributed by atoms with Gasteiger partial charge in [-0.3, -0.25) is 4.79 Å². The molecule has 78 valence electrons. The molecule has 5 nitrogen and oxygen atoms in total. The van der Waals surface area contributed by atoms with E-state index < -0.39 is 6.04 Å². The van der Waals surface area contributed by atoms with Crippen LogP contribution in [0.2, 0.25) is 0 Å². The smallest absolute Gasteiger partial charge is 0.241 e. The lowest BCUT2D eigenvalue weighted by atomic mass is 10.2. The number of aromatic nitrogens is 1. The van der Waals surface area contributed by atoms with Crippen molar-refractivity contribution in [2.45, 2.75) is 33.2 Å². The van der Waals surface area contributed by atoms with E-state index in [2.05, 4.69) is 10.5 Å². The molecule has 3 N–H and O–H groups in total. The van der Waals surface area contributed by atoms with Crippen LogP contribution >= 0.6 is 0 Å². The average molecular weight is 197 g/mol. The summed E-state index contributed by atoms with van der Waals surface area (Å²) in [6, 6.07) is -0.533. The van der Waals surface area contributed by atoms with Crippen molar-refractivity contribution in [3.63, 3.8) is 0 Å². The van der Waals surface area contributed by atoms with E-state index >= 15 is 0 Å². The van der Waals surface area contributed by atoms with Crippen LogP contribution in [0.3, 0.4) is 0 Å². The van der Waals surface area contributed by atoms with Crippen LogP contribution in [-0.4, -0.2) is 17.1 Å². The molecule has 1 amide bonds. The highest BCUT2D eigenvalue weighted by atomic mass is 16.5. The fourth-order valence-electron chi connectivity index (χ4n) is 1.06. The fraction of sp³-hybridized carbons (Fsp3) is 0.556. The number of carbonyl (C=O) groups excluding carboxylic acids is 1. The first kappa shape index (κ1) is 10.7. The summed E-state index contributed by atoms with van der Waals surface area (Å²) >= 11 is 0. The third kappa shape index (κ3) is 2.11. The van der Waals surface area contributed by atoms with E-state index in [0.29, 0.717) is 17.9 Å². The molecule has 14 heavy (non-hydrogen) atoms. The Balaban J connectivity index is 2.84. The fourth-order valence-corrected chi connectivity index (χ4v) is 1.06. The van der Waals surface area contributed by atoms with Gasteiger partial charge in [0.1, 0.15) is 11.4 Å². The van der Waals surface area contributed by atoms with Crippen molar-refractivity contribution in [1.82, 2.24) is 5.16 Å². The molecule has 1 heterocycles. The number of rotatable bonds is 3. The molecule has 0 unspecified atom stereocenters. The number of amides is 1. The van der Waals surface area contributed by atoms with Crippen molar-refractivity contribution in [1.29, 1.82) is 0 Å². The maximum atomic E-state index is 11.3. The number of hydrogen-bond acceptors (Lipinski definition) is 4. The molecule has 0 spiro atoms. The van der Waals surface area contributed by atoms with Gasteiger partial charge in [0.2, 0.25) is 5.91 Å². The molecule has 1 atom stereocenters. The molecule has 0 aliphatic rings. The van der Waals surface area contributed by atoms with Gasteiger partial charge in [0.15, 0.2) is 5.76 Å². The molecule has 0 aromatic carbocycles. The molecule has 0 saturated heterocycles. The maximum Gasteiger partial charge on any atom is 0.241 e. The van der Waals surface area contributed by atoms with Gasteiger partial charge in [-0.1, -0.05) is 12.1 Å². The Morgan fingerprint density at radius 3 is 2.86 bits per heavy atom. The summed E-state index contributed by atoms with van der Waals surface area (Å²) in [5.74, 6) is 0.377. The van der Waals surface area contributed by atoms with Gasteiger partial charge in [-0.25, -0.2) is 0 Å². The minimum absolute atomic E-state index is 0.231. The molecule has 0 radical (unpaired) electrons. The van der Waals surface area contributed by atoms with Gasteiger partial charge in [0, 0.05) is 0 Å². The van der Waals surface area contributed by atoms with Crippen LogP contribution in [0.5, 0.6) is 0 Å². The lowest BCUT2D eigenvalue weighted by Gasteiger charge is -2.06. The Kier molecular flexibility index (Phi) is 3.24. The SMILES string of the molecule is CCc1noc(C)c1NC(=O)[C@@H](C)N. The first-order chi connectivity index (χ1) is 6.56. The molecule has 0 bridgehead atoms. The van der Waals surface area contributed by atoms with Crippen molar-refractivity contribution in [3.8, 4) is 0 Å². The van der Waals surface area contributed by atoms with E-state index in [-0.39, 0.29) is 5.91 Å². The summed E-state index contributed by atoms with van der Waals surface area (Å²) in [5, 5.41) is 6.51. The number of nitrogens with one attached hydrogen (secondary N) is 1. The second-order valence-corrected chi connectivity index (χ2v) is 3.19. The summed E-state index contributed by atoms with van der Waals surface area (Å²) < 4.78 is 4.96. The largest absolute Gasteiger partial charge is 0.359 e. The predicted octanol–water partition coefficient (Wildman–Crippen LogP) is 0.831. The standard InChI is InChI=1S/C9H15N3O2/c1-4-7-8(6(3)14-12-7)11-9(13)5(2)10/h5H,4,10H2,1-3H3,(H,11,13)/t5-/m1/s1. The summed E-state index contributed by atoms with van der Waals surface area (Å²) in [4.78, 5) is 11.3. The average Bonchev–Trinajstić information content (AvgIpc) is 2.47. The molecule has 0 saturated carbocycles. The maximum absolute atomic E-state index is 11.3. The minimum Gasteiger partial charge on any atom is -0.359 e. The molecule has 0 aliphatic heterocycles. The van der Waals surface area contributed by atoms with Crippen LogP contribution in [0.1, 0.15) is 25.3 Å². The molecular weight excluding hydrogens is 182 g/mol. The first-order valence-corrected chi connectivity index (χ1v) is 4.57. The van der Waals surface area contributed by atoms with E-state index in [1.165, 1.54) is 0 Å². The monoisotopic (exact) mass is 197 g/mol. The van der Waals surface area contributed by atoms with Gasteiger partial charge in [-0.2, -0.15) is 0 Å². The Morgan fingerprint density at radius 2 is 2.36 bits per heavy atom. The van der Waals surface area contributed by atoms with Gasteiger partial charge in [0.05, 0.1) is 6.04 Å². The van der Waals surface area contributed by atoms with Crippen molar-refractivity contribution in [2.24, 2.45) is 5.73 Å². The number of nitrogens with two attached hydrogens (primary N) is 1. The molecular formula is C9H15N3O2. The Morgan fingerprint density at radius 1 is 1.71 bits per heavy atom. The third-order valence-electron chi connectivity index (χ3n) is 1.93. The predicted molar refractivity (Wildman–Crippen MR) is 52.9 cm³/mol. The van der Waals surface area contributed by atoms with E-state index in [4.69, 9.17) is 10.3 Å². The Hall–Kier alpha value is -1.36. The lowest BCUT2D eigenvalue weighted by Crippen LogP contribution is -2.32. The third-order valence-corrected chi connectivity index (χ3v) is 1.93. The molecule has 5 heteroatoms. The van der Waals surface area contributed by atoms with Gasteiger partial charge in [0.25, 0.3) is 0 Å². The summed E-state index contributed by atoms with van der Waals surface area (Å²) in [5.41, 5.74) is 6.83. The van der Waals surface area contributed by atoms with Crippen LogP contribution in [0.25, 0.3) is 0 Å². The molecule has 0 aliphatic carbocycles. The molecule has 1 aromatic heterocycles. The highest BCUT2D eigenvalue weighted by molar-refractivity contribution is 5.95.